The molecule has 0 spiro atoms. The van der Waals surface area contributed by atoms with E-state index in [0.717, 1.165) is 47.5 Å². The van der Waals surface area contributed by atoms with Gasteiger partial charge in [-0.1, -0.05) is 85.9 Å². The van der Waals surface area contributed by atoms with Gasteiger partial charge in [0.25, 0.3) is 0 Å². The van der Waals surface area contributed by atoms with Crippen LogP contribution < -0.4 is 0 Å². The topological polar surface area (TPSA) is 19.4 Å². The second-order valence-electron chi connectivity index (χ2n) is 9.40. The summed E-state index contributed by atoms with van der Waals surface area (Å²) in [6, 6.07) is 6.05. The third kappa shape index (κ3) is 8.52. The van der Waals surface area contributed by atoms with Crippen molar-refractivity contribution in [2.45, 2.75) is 55.4 Å². The summed E-state index contributed by atoms with van der Waals surface area (Å²) in [6.07, 6.45) is 0. The number of pyridine rings is 1. The highest BCUT2D eigenvalue weighted by Crippen LogP contribution is 2.14. The van der Waals surface area contributed by atoms with Crippen molar-refractivity contribution in [3.05, 3.63) is 29.6 Å². The molecule has 1 aromatic rings. The first-order valence-electron chi connectivity index (χ1n) is 10.6. The monoisotopic (exact) mass is 421 g/mol. The number of hydrogen-bond acceptors (Lipinski definition) is 3. The summed E-state index contributed by atoms with van der Waals surface area (Å²) in [4.78, 5) is 11.1. The number of aromatic nitrogens is 1. The fourth-order valence-electron chi connectivity index (χ4n) is 3.24. The summed E-state index contributed by atoms with van der Waals surface area (Å²) in [7, 11) is 0. The summed E-state index contributed by atoms with van der Waals surface area (Å²) in [5.41, 5.74) is 1.70. The van der Waals surface area contributed by atoms with E-state index >= 15 is 0 Å². The number of hydrogen-bond donors (Lipinski definition) is 0. The molecule has 5 heteroatoms. The predicted octanol–water partition coefficient (Wildman–Crippen LogP) is 5.66. The third-order valence-electron chi connectivity index (χ3n) is 4.10. The molecule has 1 rings (SSSR count). The van der Waals surface area contributed by atoms with Crippen LogP contribution in [0.15, 0.2) is 18.2 Å². The Labute approximate surface area is 183 Å². The van der Waals surface area contributed by atoms with Crippen LogP contribution in [0.5, 0.6) is 0 Å². The molecule has 0 radical (unpaired) electrons. The Hall–Kier alpha value is -1.07. The highest BCUT2D eigenvalue weighted by molar-refractivity contribution is 7.81. The molecule has 0 unspecified atom stereocenters. The highest BCUT2D eigenvalue weighted by atomic mass is 32.1. The van der Waals surface area contributed by atoms with Gasteiger partial charge in [0.05, 0.1) is 11.4 Å². The van der Waals surface area contributed by atoms with E-state index in [1.165, 1.54) is 0 Å². The van der Waals surface area contributed by atoms with Crippen LogP contribution in [0, 0.1) is 23.7 Å². The Morgan fingerprint density at radius 2 is 0.964 bits per heavy atom. The molecule has 0 saturated carbocycles. The Bertz CT molecular complexity index is 567. The molecule has 0 saturated heterocycles. The zero-order valence-corrected chi connectivity index (χ0v) is 20.7. The van der Waals surface area contributed by atoms with E-state index in [2.05, 4.69) is 65.2 Å². The Balaban J connectivity index is 3.10. The molecule has 0 amide bonds. The normalized spacial score (nSPS) is 11.6. The van der Waals surface area contributed by atoms with E-state index in [0.29, 0.717) is 23.7 Å². The first kappa shape index (κ1) is 25.0. The molecule has 0 aliphatic carbocycles. The quantitative estimate of drug-likeness (QED) is 0.453. The van der Waals surface area contributed by atoms with E-state index in [1.807, 2.05) is 18.2 Å². The van der Waals surface area contributed by atoms with Gasteiger partial charge in [-0.25, -0.2) is 4.98 Å². The van der Waals surface area contributed by atoms with Crippen LogP contribution in [0.2, 0.25) is 0 Å². The fourth-order valence-corrected chi connectivity index (χ4v) is 3.77. The maximum Gasteiger partial charge on any atom is 0.127 e. The molecule has 3 nitrogen and oxygen atoms in total. The molecule has 1 heterocycles. The Morgan fingerprint density at radius 3 is 1.21 bits per heavy atom. The maximum atomic E-state index is 5.84. The summed E-state index contributed by atoms with van der Waals surface area (Å²) in [5.74, 6) is 2.20. The van der Waals surface area contributed by atoms with Gasteiger partial charge in [-0.3, -0.25) is 0 Å². The van der Waals surface area contributed by atoms with Crippen LogP contribution in [-0.2, 0) is 0 Å². The van der Waals surface area contributed by atoms with Crippen molar-refractivity contribution in [3.63, 3.8) is 0 Å². The van der Waals surface area contributed by atoms with E-state index in [4.69, 9.17) is 29.4 Å². The second-order valence-corrected chi connectivity index (χ2v) is 10.2. The van der Waals surface area contributed by atoms with Gasteiger partial charge in [-0.05, 0) is 35.8 Å². The zero-order valence-electron chi connectivity index (χ0n) is 19.0. The fraction of sp³-hybridized carbons (Fsp3) is 0.696. The molecule has 158 valence electrons. The zero-order chi connectivity index (χ0) is 21.4. The van der Waals surface area contributed by atoms with Crippen LogP contribution >= 0.6 is 24.4 Å². The van der Waals surface area contributed by atoms with Gasteiger partial charge in [0.1, 0.15) is 9.98 Å². The first-order valence-corrected chi connectivity index (χ1v) is 11.4. The van der Waals surface area contributed by atoms with E-state index in [9.17, 15) is 0 Å². The molecule has 0 atom stereocenters. The molecule has 0 fully saturated rings. The van der Waals surface area contributed by atoms with Crippen molar-refractivity contribution in [3.8, 4) is 0 Å². The van der Waals surface area contributed by atoms with Crippen LogP contribution in [0.3, 0.4) is 0 Å². The summed E-state index contributed by atoms with van der Waals surface area (Å²) in [5, 5.41) is 0. The minimum absolute atomic E-state index is 0.550. The lowest BCUT2D eigenvalue weighted by Gasteiger charge is -2.30. The summed E-state index contributed by atoms with van der Waals surface area (Å²) >= 11 is 11.7. The number of thiocarbonyl (C=S) groups is 2. The molecule has 28 heavy (non-hydrogen) atoms. The first-order chi connectivity index (χ1) is 13.0. The van der Waals surface area contributed by atoms with E-state index < -0.39 is 0 Å². The Morgan fingerprint density at radius 1 is 0.679 bits per heavy atom. The lowest BCUT2D eigenvalue weighted by Crippen LogP contribution is -2.38. The summed E-state index contributed by atoms with van der Waals surface area (Å²) in [6.45, 7) is 21.6. The van der Waals surface area contributed by atoms with Crippen molar-refractivity contribution in [1.82, 2.24) is 14.8 Å². The third-order valence-corrected chi connectivity index (χ3v) is 5.04. The minimum atomic E-state index is 0.550. The molecule has 0 N–H and O–H groups in total. The van der Waals surface area contributed by atoms with Gasteiger partial charge in [-0.15, -0.1) is 0 Å². The van der Waals surface area contributed by atoms with Crippen LogP contribution in [-0.4, -0.2) is 50.9 Å². The van der Waals surface area contributed by atoms with Crippen LogP contribution in [0.4, 0.5) is 0 Å². The van der Waals surface area contributed by atoms with Gasteiger partial charge in [0.2, 0.25) is 0 Å². The van der Waals surface area contributed by atoms with Crippen molar-refractivity contribution < 1.29 is 0 Å². The molecule has 0 bridgehead atoms. The summed E-state index contributed by atoms with van der Waals surface area (Å²) < 4.78 is 0. The molecular weight excluding hydrogens is 382 g/mol. The number of nitrogens with zero attached hydrogens (tertiary/aromatic N) is 3. The maximum absolute atomic E-state index is 5.84. The van der Waals surface area contributed by atoms with Crippen molar-refractivity contribution in [2.75, 3.05) is 26.2 Å². The highest BCUT2D eigenvalue weighted by Gasteiger charge is 2.19. The molecule has 0 aliphatic rings. The van der Waals surface area contributed by atoms with Gasteiger partial charge in [0, 0.05) is 26.2 Å². The Kier molecular flexibility index (Phi) is 10.5. The largest absolute Gasteiger partial charge is 0.361 e. The molecule has 1 aromatic heterocycles. The molecular formula is C23H39N3S2. The molecule has 0 aromatic carbocycles. The minimum Gasteiger partial charge on any atom is -0.361 e. The van der Waals surface area contributed by atoms with Crippen LogP contribution in [0.1, 0.15) is 66.8 Å². The smallest absolute Gasteiger partial charge is 0.127 e. The second kappa shape index (κ2) is 11.8. The lowest BCUT2D eigenvalue weighted by atomic mass is 10.1. The van der Waals surface area contributed by atoms with Crippen molar-refractivity contribution in [1.29, 1.82) is 0 Å². The molecule has 0 aliphatic heterocycles. The van der Waals surface area contributed by atoms with Gasteiger partial charge in [0.15, 0.2) is 0 Å². The lowest BCUT2D eigenvalue weighted by molar-refractivity contribution is 0.331. The van der Waals surface area contributed by atoms with E-state index in [1.54, 1.807) is 0 Å². The van der Waals surface area contributed by atoms with Gasteiger partial charge < -0.3 is 9.80 Å². The SMILES string of the molecule is CC(C)CN(CC(C)C)C(=S)c1cccc(C(=S)N(CC(C)C)CC(C)C)n1. The standard InChI is InChI=1S/C23H39N3S2/c1-16(2)12-25(13-17(3)4)22(27)20-10-9-11-21(24-20)23(28)26(14-18(5)6)15-19(7)8/h9-11,16-19H,12-15H2,1-8H3. The van der Waals surface area contributed by atoms with Crippen molar-refractivity contribution in [2.24, 2.45) is 23.7 Å². The van der Waals surface area contributed by atoms with Crippen molar-refractivity contribution >= 4 is 34.4 Å². The van der Waals surface area contributed by atoms with Crippen LogP contribution in [0.25, 0.3) is 0 Å². The van der Waals surface area contributed by atoms with E-state index in [-0.39, 0.29) is 0 Å². The van der Waals surface area contributed by atoms with Gasteiger partial charge >= 0.3 is 0 Å². The average Bonchev–Trinajstić information content (AvgIpc) is 2.57. The average molecular weight is 422 g/mol. The van der Waals surface area contributed by atoms with Gasteiger partial charge in [-0.2, -0.15) is 0 Å². The number of rotatable bonds is 10. The predicted molar refractivity (Wildman–Crippen MR) is 130 cm³/mol.